The fourth-order valence-electron chi connectivity index (χ4n) is 5.13. The van der Waals surface area contributed by atoms with Gasteiger partial charge in [-0.25, -0.2) is 39.3 Å². The van der Waals surface area contributed by atoms with Gasteiger partial charge < -0.3 is 33.2 Å². The van der Waals surface area contributed by atoms with E-state index in [2.05, 4.69) is 64.9 Å². The molecule has 1 atom stereocenters. The monoisotopic (exact) mass is 921 g/mol. The van der Waals surface area contributed by atoms with Gasteiger partial charge in [-0.2, -0.15) is 0 Å². The minimum atomic E-state index is -1.41. The minimum absolute atomic E-state index is 0. The van der Waals surface area contributed by atoms with Gasteiger partial charge in [0.1, 0.15) is 44.4 Å². The second kappa shape index (κ2) is 20.7. The highest BCUT2D eigenvalue weighted by molar-refractivity contribution is 7.13. The lowest BCUT2D eigenvalue weighted by Crippen LogP contribution is -2.45. The van der Waals surface area contributed by atoms with E-state index in [0.29, 0.717) is 68.8 Å². The fourth-order valence-corrected chi connectivity index (χ4v) is 8.22. The predicted octanol–water partition coefficient (Wildman–Crippen LogP) is 8.63. The lowest BCUT2D eigenvalue weighted by Gasteiger charge is -2.17. The zero-order chi connectivity index (χ0) is 43.1. The van der Waals surface area contributed by atoms with E-state index in [1.165, 1.54) is 29.8 Å². The molecule has 0 aromatic carbocycles. The van der Waals surface area contributed by atoms with Gasteiger partial charge in [-0.3, -0.25) is 15.6 Å². The van der Waals surface area contributed by atoms with E-state index in [1.807, 2.05) is 5.38 Å². The summed E-state index contributed by atoms with van der Waals surface area (Å²) in [5.74, 6) is 1.32. The van der Waals surface area contributed by atoms with Gasteiger partial charge >= 0.3 is 18.2 Å². The Kier molecular flexibility index (Phi) is 16.5. The molecule has 5 aromatic heterocycles. The Morgan fingerprint density at radius 2 is 1.30 bits per heavy atom. The SMILES string of the molecule is COC(=O)c1nc(-c2nc(-c3csc(-c4nc(-c5csc([C@@H](N)CCCN=C(NC(=O)OCC[Si](C)(C)C)NC(=O)OCC[Si](C)(C)C)n5)oc4C)n3)oc2C)oc1C.Cl. The summed E-state index contributed by atoms with van der Waals surface area (Å²) >= 11 is 2.73. The van der Waals surface area contributed by atoms with Crippen LogP contribution in [0.5, 0.6) is 0 Å². The van der Waals surface area contributed by atoms with Crippen LogP contribution in [-0.4, -0.2) is 92.1 Å². The molecule has 60 heavy (non-hydrogen) atoms. The van der Waals surface area contributed by atoms with Crippen molar-refractivity contribution in [3.8, 4) is 45.5 Å². The Hall–Kier alpha value is -4.75. The number of alkyl carbamates (subject to hydrolysis) is 2. The van der Waals surface area contributed by atoms with Crippen molar-refractivity contribution in [2.24, 2.45) is 10.7 Å². The molecule has 0 radical (unpaired) electrons. The van der Waals surface area contributed by atoms with Crippen LogP contribution in [0.4, 0.5) is 9.59 Å². The number of guanidine groups is 1. The highest BCUT2D eigenvalue weighted by atomic mass is 35.5. The number of amides is 2. The summed E-state index contributed by atoms with van der Waals surface area (Å²) in [6, 6.07) is 1.20. The first-order chi connectivity index (χ1) is 27.8. The average molecular weight is 923 g/mol. The van der Waals surface area contributed by atoms with E-state index in [0.717, 1.165) is 12.1 Å². The Balaban J connectivity index is 0.00000794. The average Bonchev–Trinajstić information content (AvgIpc) is 3.99. The maximum atomic E-state index is 12.5. The van der Waals surface area contributed by atoms with Crippen LogP contribution < -0.4 is 16.4 Å². The number of ether oxygens (including phenoxy) is 3. The molecule has 326 valence electrons. The highest BCUT2D eigenvalue weighted by Crippen LogP contribution is 2.35. The topological polar surface area (TPSA) is 245 Å². The number of esters is 1. The van der Waals surface area contributed by atoms with Gasteiger partial charge in [0.25, 0.3) is 0 Å². The van der Waals surface area contributed by atoms with Gasteiger partial charge in [-0.05, 0) is 45.7 Å². The summed E-state index contributed by atoms with van der Waals surface area (Å²) < 4.78 is 33.0. The Morgan fingerprint density at radius 3 is 1.88 bits per heavy atom. The zero-order valence-corrected chi connectivity index (χ0v) is 39.8. The van der Waals surface area contributed by atoms with Gasteiger partial charge in [0.15, 0.2) is 11.4 Å². The van der Waals surface area contributed by atoms with Crippen molar-refractivity contribution in [3.05, 3.63) is 38.7 Å². The molecular formula is C37H52ClN9O9S2Si2. The third-order valence-corrected chi connectivity index (χ3v) is 13.7. The molecule has 4 N–H and O–H groups in total. The number of halogens is 1. The highest BCUT2D eigenvalue weighted by Gasteiger charge is 2.26. The van der Waals surface area contributed by atoms with Crippen molar-refractivity contribution in [1.82, 2.24) is 35.6 Å². The summed E-state index contributed by atoms with van der Waals surface area (Å²) in [5, 5.41) is 9.96. The van der Waals surface area contributed by atoms with Crippen LogP contribution in [0, 0.1) is 20.8 Å². The molecule has 0 unspecified atom stereocenters. The number of oxazole rings is 3. The number of rotatable bonds is 16. The van der Waals surface area contributed by atoms with Crippen LogP contribution in [0.2, 0.25) is 51.4 Å². The van der Waals surface area contributed by atoms with Crippen LogP contribution in [0.25, 0.3) is 45.5 Å². The lowest BCUT2D eigenvalue weighted by atomic mass is 10.2. The molecule has 18 nitrogen and oxygen atoms in total. The summed E-state index contributed by atoms with van der Waals surface area (Å²) in [4.78, 5) is 64.3. The molecule has 0 bridgehead atoms. The number of nitrogens with zero attached hydrogens (tertiary/aromatic N) is 6. The number of nitrogens with one attached hydrogen (secondary N) is 2. The minimum Gasteiger partial charge on any atom is -0.464 e. The zero-order valence-electron chi connectivity index (χ0n) is 35.3. The first kappa shape index (κ1) is 47.9. The van der Waals surface area contributed by atoms with Gasteiger partial charge in [-0.15, -0.1) is 35.1 Å². The van der Waals surface area contributed by atoms with Gasteiger partial charge in [0.05, 0.1) is 26.4 Å². The Morgan fingerprint density at radius 1 is 0.767 bits per heavy atom. The number of hydrogen-bond acceptors (Lipinski definition) is 18. The second-order valence-corrected chi connectivity index (χ2v) is 29.0. The first-order valence-electron chi connectivity index (χ1n) is 18.9. The molecule has 5 rings (SSSR count). The van der Waals surface area contributed by atoms with E-state index in [1.54, 1.807) is 26.2 Å². The van der Waals surface area contributed by atoms with E-state index in [9.17, 15) is 14.4 Å². The van der Waals surface area contributed by atoms with Gasteiger partial charge in [-0.1, -0.05) is 39.3 Å². The second-order valence-electron chi connectivity index (χ2n) is 16.0. The maximum Gasteiger partial charge on any atom is 0.413 e. The molecule has 0 saturated carbocycles. The van der Waals surface area contributed by atoms with Crippen molar-refractivity contribution >= 4 is 75.3 Å². The molecule has 0 aliphatic carbocycles. The van der Waals surface area contributed by atoms with E-state index in [4.69, 9.17) is 48.1 Å². The number of carbonyl (C=O) groups is 3. The molecule has 0 spiro atoms. The Bertz CT molecular complexity index is 2250. The van der Waals surface area contributed by atoms with Crippen LogP contribution in [0.1, 0.15) is 51.7 Å². The van der Waals surface area contributed by atoms with Crippen LogP contribution in [0.3, 0.4) is 0 Å². The quantitative estimate of drug-likeness (QED) is 0.0209. The number of aliphatic imine (C=N–C) groups is 1. The number of nitrogens with two attached hydrogens (primary N) is 1. The maximum absolute atomic E-state index is 12.5. The standard InChI is InChI=1S/C37H51N9O9S2Si2.ClH/c1-20-26(31-44-28(22(3)55-31)34(47)50-4)42-29(53-20)25-19-57-33(41-25)27-21(2)54-30(43-27)24-18-56-32(40-24)23(38)12-11-13-39-35(45-36(48)51-14-16-58(5,6)7)46-37(49)52-15-17-59(8,9)10;/h18-19,23H,11-17,38H2,1-10H3,(H2,39,45,46,48,49);1H/t23-;/m0./s1. The van der Waals surface area contributed by atoms with Crippen molar-refractivity contribution in [3.63, 3.8) is 0 Å². The third-order valence-electron chi connectivity index (χ3n) is 8.51. The first-order valence-corrected chi connectivity index (χ1v) is 28.1. The molecule has 5 aromatic rings. The molecule has 0 aliphatic heterocycles. The van der Waals surface area contributed by atoms with E-state index in [-0.39, 0.29) is 55.6 Å². The number of carbonyl (C=O) groups excluding carboxylic acids is 3. The number of aromatic nitrogens is 5. The molecule has 2 amide bonds. The molecule has 0 fully saturated rings. The normalized spacial score (nSPS) is 12.1. The van der Waals surface area contributed by atoms with E-state index >= 15 is 0 Å². The van der Waals surface area contributed by atoms with Gasteiger partial charge in [0, 0.05) is 33.5 Å². The summed E-state index contributed by atoms with van der Waals surface area (Å²) in [6.45, 7) is 19.1. The molecular weight excluding hydrogens is 870 g/mol. The lowest BCUT2D eigenvalue weighted by molar-refractivity contribution is 0.0592. The largest absolute Gasteiger partial charge is 0.464 e. The smallest absolute Gasteiger partial charge is 0.413 e. The summed E-state index contributed by atoms with van der Waals surface area (Å²) in [6.07, 6.45) is -0.351. The molecule has 5 heterocycles. The fraction of sp³-hybridized carbons (Fsp3) is 0.486. The molecule has 0 saturated heterocycles. The number of thiazole rings is 2. The van der Waals surface area contributed by atoms with Crippen LogP contribution in [-0.2, 0) is 14.2 Å². The third kappa shape index (κ3) is 13.4. The van der Waals surface area contributed by atoms with Crippen molar-refractivity contribution < 1.29 is 41.8 Å². The molecule has 23 heteroatoms. The number of hydrogen-bond donors (Lipinski definition) is 3. The summed E-state index contributed by atoms with van der Waals surface area (Å²) in [5.41, 5.74) is 8.47. The van der Waals surface area contributed by atoms with Crippen molar-refractivity contribution in [1.29, 1.82) is 0 Å². The number of methoxy groups -OCH3 is 1. The van der Waals surface area contributed by atoms with Gasteiger partial charge in [0.2, 0.25) is 23.6 Å². The van der Waals surface area contributed by atoms with Crippen LogP contribution >= 0.6 is 35.1 Å². The van der Waals surface area contributed by atoms with Crippen molar-refractivity contribution in [2.75, 3.05) is 26.9 Å². The summed E-state index contributed by atoms with van der Waals surface area (Å²) in [7, 11) is -1.55. The predicted molar refractivity (Wildman–Crippen MR) is 236 cm³/mol. The molecule has 0 aliphatic rings. The van der Waals surface area contributed by atoms with Crippen molar-refractivity contribution in [2.45, 2.75) is 91.0 Å². The van der Waals surface area contributed by atoms with Crippen LogP contribution in [0.15, 0.2) is 29.0 Å². The Labute approximate surface area is 364 Å². The van der Waals surface area contributed by atoms with E-state index < -0.39 is 40.3 Å². The number of aryl methyl sites for hydroxylation is 3.